The third-order valence-electron chi connectivity index (χ3n) is 6.30. The highest BCUT2D eigenvalue weighted by Gasteiger charge is 2.32. The van der Waals surface area contributed by atoms with Crippen molar-refractivity contribution < 1.29 is 22.7 Å². The van der Waals surface area contributed by atoms with Crippen LogP contribution in [0.3, 0.4) is 0 Å². The third-order valence-corrected chi connectivity index (χ3v) is 6.30. The van der Waals surface area contributed by atoms with E-state index in [4.69, 9.17) is 5.73 Å². The van der Waals surface area contributed by atoms with Gasteiger partial charge in [0.15, 0.2) is 0 Å². The number of nitrogens with two attached hydrogens (primary N) is 1. The lowest BCUT2D eigenvalue weighted by Crippen LogP contribution is -2.53. The van der Waals surface area contributed by atoms with Gasteiger partial charge in [-0.25, -0.2) is 14.8 Å². The third kappa shape index (κ3) is 5.52. The number of piperazine rings is 1. The molecule has 2 aliphatic rings. The highest BCUT2D eigenvalue weighted by atomic mass is 19.4. The topological polar surface area (TPSA) is 87.8 Å². The molecule has 1 saturated heterocycles. The van der Waals surface area contributed by atoms with Gasteiger partial charge < -0.3 is 25.2 Å². The lowest BCUT2D eigenvalue weighted by molar-refractivity contribution is -0.274. The van der Waals surface area contributed by atoms with Crippen LogP contribution in [0.1, 0.15) is 36.1 Å². The van der Waals surface area contributed by atoms with Crippen LogP contribution in [-0.4, -0.2) is 71.4 Å². The minimum absolute atomic E-state index is 0.137. The minimum atomic E-state index is -4.74. The minimum Gasteiger partial charge on any atom is -0.406 e. The van der Waals surface area contributed by atoms with E-state index >= 15 is 0 Å². The van der Waals surface area contributed by atoms with E-state index in [1.165, 1.54) is 29.8 Å². The molecule has 0 spiro atoms. The molecule has 1 aliphatic carbocycles. The maximum atomic E-state index is 13.2. The first-order valence-electron chi connectivity index (χ1n) is 11.4. The Morgan fingerprint density at radius 2 is 1.88 bits per heavy atom. The smallest absolute Gasteiger partial charge is 0.406 e. The summed E-state index contributed by atoms with van der Waals surface area (Å²) >= 11 is 0. The second-order valence-corrected chi connectivity index (χ2v) is 8.66. The van der Waals surface area contributed by atoms with Gasteiger partial charge >= 0.3 is 12.4 Å². The number of rotatable bonds is 6. The standard InChI is InChI=1S/C23H29F3N6O2/c1-16-2-7-19-20(16)21(29-15-28-19)30-10-12-31(13-11-30)22(33)32(9-8-27)14-17-3-5-18(6-4-17)34-23(24,25)26/h3-6,15-16H,2,7-14,27H2,1H3. The normalized spacial score (nSPS) is 18.1. The van der Waals surface area contributed by atoms with Crippen molar-refractivity contribution in [3.05, 3.63) is 47.4 Å². The van der Waals surface area contributed by atoms with Gasteiger partial charge in [0.05, 0.1) is 0 Å². The Morgan fingerprint density at radius 3 is 2.53 bits per heavy atom. The number of nitrogens with zero attached hydrogens (tertiary/aromatic N) is 5. The zero-order chi connectivity index (χ0) is 24.3. The molecule has 34 heavy (non-hydrogen) atoms. The number of carbonyl (C=O) groups excluding carboxylic acids is 1. The van der Waals surface area contributed by atoms with Crippen LogP contribution >= 0.6 is 0 Å². The van der Waals surface area contributed by atoms with E-state index < -0.39 is 6.36 Å². The average molecular weight is 479 g/mol. The maximum Gasteiger partial charge on any atom is 0.573 e. The fourth-order valence-electron chi connectivity index (χ4n) is 4.60. The van der Waals surface area contributed by atoms with Gasteiger partial charge in [0, 0.05) is 57.1 Å². The Morgan fingerprint density at radius 1 is 1.18 bits per heavy atom. The predicted molar refractivity (Wildman–Crippen MR) is 121 cm³/mol. The highest BCUT2D eigenvalue weighted by Crippen LogP contribution is 2.37. The number of aryl methyl sites for hydroxylation is 1. The Hall–Kier alpha value is -3.08. The van der Waals surface area contributed by atoms with E-state index in [-0.39, 0.29) is 24.9 Å². The number of fused-ring (bicyclic) bond motifs is 1. The van der Waals surface area contributed by atoms with Crippen LogP contribution in [-0.2, 0) is 13.0 Å². The molecule has 1 unspecified atom stereocenters. The van der Waals surface area contributed by atoms with Crippen LogP contribution in [0.25, 0.3) is 0 Å². The summed E-state index contributed by atoms with van der Waals surface area (Å²) < 4.78 is 41.0. The first-order chi connectivity index (χ1) is 16.2. The van der Waals surface area contributed by atoms with E-state index in [0.29, 0.717) is 44.2 Å². The molecule has 0 bridgehead atoms. The van der Waals surface area contributed by atoms with E-state index in [9.17, 15) is 18.0 Å². The quantitative estimate of drug-likeness (QED) is 0.687. The fourth-order valence-corrected chi connectivity index (χ4v) is 4.60. The number of anilines is 1. The van der Waals surface area contributed by atoms with Crippen molar-refractivity contribution in [2.45, 2.75) is 38.6 Å². The fraction of sp³-hybridized carbons (Fsp3) is 0.522. The van der Waals surface area contributed by atoms with E-state index in [1.807, 2.05) is 0 Å². The molecule has 2 amide bonds. The molecule has 2 N–H and O–H groups in total. The van der Waals surface area contributed by atoms with E-state index in [2.05, 4.69) is 26.5 Å². The second-order valence-electron chi connectivity index (χ2n) is 8.66. The molecule has 1 fully saturated rings. The van der Waals surface area contributed by atoms with E-state index in [0.717, 1.165) is 24.4 Å². The first kappa shape index (κ1) is 24.1. The van der Waals surface area contributed by atoms with Gasteiger partial charge in [-0.1, -0.05) is 19.1 Å². The molecular weight excluding hydrogens is 449 g/mol. The van der Waals surface area contributed by atoms with Crippen molar-refractivity contribution in [2.75, 3.05) is 44.2 Å². The second kappa shape index (κ2) is 10.0. The van der Waals surface area contributed by atoms with Gasteiger partial charge in [-0.2, -0.15) is 0 Å². The number of benzene rings is 1. The number of carbonyl (C=O) groups is 1. The van der Waals surface area contributed by atoms with Crippen LogP contribution in [0, 0.1) is 0 Å². The number of urea groups is 1. The molecule has 0 saturated carbocycles. The van der Waals surface area contributed by atoms with Crippen molar-refractivity contribution in [3.8, 4) is 5.75 Å². The lowest BCUT2D eigenvalue weighted by Gasteiger charge is -2.38. The monoisotopic (exact) mass is 478 g/mol. The zero-order valence-electron chi connectivity index (χ0n) is 19.1. The molecule has 4 rings (SSSR count). The number of halogens is 3. The number of aromatic nitrogens is 2. The van der Waals surface area contributed by atoms with Crippen LogP contribution in [0.5, 0.6) is 5.75 Å². The van der Waals surface area contributed by atoms with Crippen LogP contribution in [0.15, 0.2) is 30.6 Å². The predicted octanol–water partition coefficient (Wildman–Crippen LogP) is 3.13. The van der Waals surface area contributed by atoms with Crippen molar-refractivity contribution in [1.82, 2.24) is 19.8 Å². The summed E-state index contributed by atoms with van der Waals surface area (Å²) in [6, 6.07) is 5.39. The summed E-state index contributed by atoms with van der Waals surface area (Å²) in [5.41, 5.74) is 8.77. The molecule has 2 aromatic rings. The van der Waals surface area contributed by atoms with Gasteiger partial charge in [-0.3, -0.25) is 0 Å². The zero-order valence-corrected chi connectivity index (χ0v) is 19.1. The number of alkyl halides is 3. The molecule has 1 aliphatic heterocycles. The number of ether oxygens (including phenoxy) is 1. The molecule has 11 heteroatoms. The van der Waals surface area contributed by atoms with Crippen molar-refractivity contribution in [2.24, 2.45) is 5.73 Å². The summed E-state index contributed by atoms with van der Waals surface area (Å²) in [4.78, 5) is 27.8. The average Bonchev–Trinajstić information content (AvgIpc) is 3.20. The summed E-state index contributed by atoms with van der Waals surface area (Å²) in [5, 5.41) is 0. The molecule has 0 radical (unpaired) electrons. The van der Waals surface area contributed by atoms with Crippen LogP contribution < -0.4 is 15.4 Å². The van der Waals surface area contributed by atoms with Crippen molar-refractivity contribution >= 4 is 11.8 Å². The Balaban J connectivity index is 1.38. The largest absolute Gasteiger partial charge is 0.573 e. The molecule has 8 nitrogen and oxygen atoms in total. The SMILES string of the molecule is CC1CCc2ncnc(N3CCN(C(=O)N(CCN)Cc4ccc(OC(F)(F)F)cc4)CC3)c21. The van der Waals surface area contributed by atoms with Gasteiger partial charge in [0.1, 0.15) is 17.9 Å². The molecule has 2 heterocycles. The Labute approximate surface area is 196 Å². The molecule has 1 atom stereocenters. The summed E-state index contributed by atoms with van der Waals surface area (Å²) in [6.45, 7) is 5.51. The number of hydrogen-bond acceptors (Lipinski definition) is 6. The Kier molecular flexibility index (Phi) is 7.11. The van der Waals surface area contributed by atoms with Gasteiger partial charge in [-0.15, -0.1) is 13.2 Å². The molecule has 184 valence electrons. The summed E-state index contributed by atoms with van der Waals surface area (Å²) in [7, 11) is 0. The molecular formula is C23H29F3N6O2. The van der Waals surface area contributed by atoms with Crippen LogP contribution in [0.2, 0.25) is 0 Å². The van der Waals surface area contributed by atoms with Crippen molar-refractivity contribution in [3.63, 3.8) is 0 Å². The van der Waals surface area contributed by atoms with Gasteiger partial charge in [0.2, 0.25) is 0 Å². The summed E-state index contributed by atoms with van der Waals surface area (Å²) in [6.07, 6.45) is -1.06. The maximum absolute atomic E-state index is 13.2. The summed E-state index contributed by atoms with van der Waals surface area (Å²) in [5.74, 6) is 1.11. The van der Waals surface area contributed by atoms with Gasteiger partial charge in [-0.05, 0) is 36.5 Å². The number of hydrogen-bond donors (Lipinski definition) is 1. The first-order valence-corrected chi connectivity index (χ1v) is 11.4. The van der Waals surface area contributed by atoms with Crippen molar-refractivity contribution in [1.29, 1.82) is 0 Å². The number of amides is 2. The molecule has 1 aromatic heterocycles. The molecule has 1 aromatic carbocycles. The Bertz CT molecular complexity index is 993. The van der Waals surface area contributed by atoms with Gasteiger partial charge in [0.25, 0.3) is 0 Å². The van der Waals surface area contributed by atoms with E-state index in [1.54, 1.807) is 16.1 Å². The van der Waals surface area contributed by atoms with Crippen LogP contribution in [0.4, 0.5) is 23.8 Å². The highest BCUT2D eigenvalue weighted by molar-refractivity contribution is 5.75. The lowest BCUT2D eigenvalue weighted by atomic mass is 10.1.